The van der Waals surface area contributed by atoms with Gasteiger partial charge in [-0.3, -0.25) is 0 Å². The van der Waals surface area contributed by atoms with Gasteiger partial charge in [-0.2, -0.15) is 0 Å². The summed E-state index contributed by atoms with van der Waals surface area (Å²) in [5.41, 5.74) is 1.55. The van der Waals surface area contributed by atoms with Crippen molar-refractivity contribution in [1.82, 2.24) is 5.32 Å². The van der Waals surface area contributed by atoms with E-state index in [2.05, 4.69) is 39.4 Å². The zero-order valence-electron chi connectivity index (χ0n) is 8.92. The lowest BCUT2D eigenvalue weighted by Gasteiger charge is -2.10. The molecule has 0 fully saturated rings. The predicted molar refractivity (Wildman–Crippen MR) is 70.8 cm³/mol. The van der Waals surface area contributed by atoms with Crippen molar-refractivity contribution < 1.29 is 0 Å². The topological polar surface area (TPSA) is 12.0 Å². The maximum atomic E-state index is 3.55. The molecule has 1 aliphatic heterocycles. The smallest absolute Gasteiger partial charge is 0.0178 e. The molecule has 1 N–H and O–H groups in total. The molecule has 0 saturated heterocycles. The Balaban J connectivity index is 2.03. The summed E-state index contributed by atoms with van der Waals surface area (Å²) >= 11 is 5.55. The van der Waals surface area contributed by atoms with Crippen LogP contribution in [0.3, 0.4) is 0 Å². The van der Waals surface area contributed by atoms with Crippen LogP contribution in [-0.2, 0) is 0 Å². The summed E-state index contributed by atoms with van der Waals surface area (Å²) < 4.78 is 1.21. The van der Waals surface area contributed by atoms with Crippen LogP contribution in [0.2, 0.25) is 0 Å². The number of thioether (sulfide) groups is 1. The van der Waals surface area contributed by atoms with Crippen molar-refractivity contribution in [3.63, 3.8) is 0 Å². The van der Waals surface area contributed by atoms with Crippen LogP contribution in [0.1, 0.15) is 24.3 Å². The second kappa shape index (κ2) is 5.37. The second-order valence-electron chi connectivity index (χ2n) is 3.94. The van der Waals surface area contributed by atoms with Gasteiger partial charge in [0, 0.05) is 15.1 Å². The number of fused-ring (bicyclic) bond motifs is 1. The van der Waals surface area contributed by atoms with E-state index in [9.17, 15) is 0 Å². The van der Waals surface area contributed by atoms with Crippen LogP contribution in [0.25, 0.3) is 0 Å². The average molecular weight is 286 g/mol. The fraction of sp³-hybridized carbons (Fsp3) is 0.500. The van der Waals surface area contributed by atoms with Crippen LogP contribution in [0.15, 0.2) is 27.6 Å². The summed E-state index contributed by atoms with van der Waals surface area (Å²) in [7, 11) is 2.02. The highest BCUT2D eigenvalue weighted by atomic mass is 79.9. The zero-order valence-corrected chi connectivity index (χ0v) is 11.3. The Labute approximate surface area is 104 Å². The van der Waals surface area contributed by atoms with Crippen molar-refractivity contribution in [2.45, 2.75) is 23.7 Å². The Kier molecular flexibility index (Phi) is 4.12. The minimum Gasteiger partial charge on any atom is -0.320 e. The fourth-order valence-electron chi connectivity index (χ4n) is 2.01. The van der Waals surface area contributed by atoms with E-state index in [1.165, 1.54) is 28.0 Å². The Morgan fingerprint density at radius 3 is 3.20 bits per heavy atom. The lowest BCUT2D eigenvalue weighted by atomic mass is 9.96. The van der Waals surface area contributed by atoms with Crippen molar-refractivity contribution in [3.05, 3.63) is 28.2 Å². The molecule has 0 aromatic heterocycles. The van der Waals surface area contributed by atoms with E-state index < -0.39 is 0 Å². The van der Waals surface area contributed by atoms with Gasteiger partial charge in [-0.05, 0) is 56.1 Å². The molecule has 3 heteroatoms. The molecular formula is C12H16BrNS. The minimum atomic E-state index is 0.760. The molecule has 1 heterocycles. The minimum absolute atomic E-state index is 0.760. The first kappa shape index (κ1) is 11.5. The third-order valence-electron chi connectivity index (χ3n) is 2.83. The number of hydrogen-bond acceptors (Lipinski definition) is 2. The van der Waals surface area contributed by atoms with Crippen molar-refractivity contribution in [2.75, 3.05) is 19.3 Å². The maximum Gasteiger partial charge on any atom is 0.0178 e. The molecule has 0 aliphatic carbocycles. The molecule has 0 spiro atoms. The van der Waals surface area contributed by atoms with Gasteiger partial charge in [-0.25, -0.2) is 0 Å². The van der Waals surface area contributed by atoms with Gasteiger partial charge in [0.2, 0.25) is 0 Å². The van der Waals surface area contributed by atoms with E-state index >= 15 is 0 Å². The van der Waals surface area contributed by atoms with Crippen LogP contribution in [0, 0.1) is 0 Å². The Hall–Kier alpha value is 0.01000. The molecule has 0 saturated carbocycles. The lowest BCUT2D eigenvalue weighted by Crippen LogP contribution is -2.09. The van der Waals surface area contributed by atoms with Crippen LogP contribution >= 0.6 is 27.7 Å². The number of nitrogens with one attached hydrogen (secondary N) is 1. The summed E-state index contributed by atoms with van der Waals surface area (Å²) in [4.78, 5) is 1.48. The molecular weight excluding hydrogens is 270 g/mol. The summed E-state index contributed by atoms with van der Waals surface area (Å²) in [6, 6.07) is 6.67. The van der Waals surface area contributed by atoms with Crippen molar-refractivity contribution in [2.24, 2.45) is 0 Å². The van der Waals surface area contributed by atoms with Gasteiger partial charge in [-0.1, -0.05) is 15.9 Å². The van der Waals surface area contributed by atoms with Gasteiger partial charge < -0.3 is 5.32 Å². The monoisotopic (exact) mass is 285 g/mol. The molecule has 0 bridgehead atoms. The Morgan fingerprint density at radius 1 is 1.53 bits per heavy atom. The highest BCUT2D eigenvalue weighted by Crippen LogP contribution is 2.42. The van der Waals surface area contributed by atoms with Gasteiger partial charge in [0.1, 0.15) is 0 Å². The Morgan fingerprint density at radius 2 is 2.40 bits per heavy atom. The molecule has 1 aliphatic rings. The standard InChI is InChI=1S/C12H16BrNS/c1-14-6-2-3-9-8-15-12-5-4-10(13)7-11(9)12/h4-5,7,9,14H,2-3,6,8H2,1H3. The number of rotatable bonds is 4. The van der Waals surface area contributed by atoms with Crippen LogP contribution in [0.5, 0.6) is 0 Å². The molecule has 0 amide bonds. The van der Waals surface area contributed by atoms with E-state index in [1.54, 1.807) is 5.56 Å². The largest absolute Gasteiger partial charge is 0.320 e. The van der Waals surface area contributed by atoms with E-state index in [0.29, 0.717) is 0 Å². The van der Waals surface area contributed by atoms with E-state index in [1.807, 2.05) is 18.8 Å². The highest BCUT2D eigenvalue weighted by molar-refractivity contribution is 9.10. The van der Waals surface area contributed by atoms with E-state index in [-0.39, 0.29) is 0 Å². The molecule has 0 radical (unpaired) electrons. The molecule has 1 unspecified atom stereocenters. The first-order valence-corrected chi connectivity index (χ1v) is 7.16. The molecule has 1 aromatic carbocycles. The molecule has 15 heavy (non-hydrogen) atoms. The molecule has 1 aromatic rings. The third-order valence-corrected chi connectivity index (χ3v) is 4.58. The van der Waals surface area contributed by atoms with Gasteiger partial charge in [0.25, 0.3) is 0 Å². The quantitative estimate of drug-likeness (QED) is 0.848. The number of hydrogen-bond donors (Lipinski definition) is 1. The highest BCUT2D eigenvalue weighted by Gasteiger charge is 2.22. The lowest BCUT2D eigenvalue weighted by molar-refractivity contribution is 0.614. The number of halogens is 1. The van der Waals surface area contributed by atoms with Crippen molar-refractivity contribution >= 4 is 27.7 Å². The van der Waals surface area contributed by atoms with Gasteiger partial charge in [-0.15, -0.1) is 11.8 Å². The van der Waals surface area contributed by atoms with Crippen LogP contribution in [0.4, 0.5) is 0 Å². The third kappa shape index (κ3) is 2.77. The number of benzene rings is 1. The summed E-state index contributed by atoms with van der Waals surface area (Å²) in [6.07, 6.45) is 2.57. The van der Waals surface area contributed by atoms with E-state index in [4.69, 9.17) is 0 Å². The normalized spacial score (nSPS) is 19.2. The zero-order chi connectivity index (χ0) is 10.7. The second-order valence-corrected chi connectivity index (χ2v) is 5.91. The molecule has 1 nitrogen and oxygen atoms in total. The molecule has 82 valence electrons. The van der Waals surface area contributed by atoms with Crippen LogP contribution < -0.4 is 5.32 Å². The molecule has 1 atom stereocenters. The first-order chi connectivity index (χ1) is 7.31. The first-order valence-electron chi connectivity index (χ1n) is 5.38. The van der Waals surface area contributed by atoms with Crippen molar-refractivity contribution in [3.8, 4) is 0 Å². The molecule has 2 rings (SSSR count). The van der Waals surface area contributed by atoms with Gasteiger partial charge in [0.05, 0.1) is 0 Å². The van der Waals surface area contributed by atoms with Crippen LogP contribution in [-0.4, -0.2) is 19.3 Å². The predicted octanol–water partition coefficient (Wildman–Crippen LogP) is 3.64. The fourth-order valence-corrected chi connectivity index (χ4v) is 3.68. The average Bonchev–Trinajstić information content (AvgIpc) is 2.62. The van der Waals surface area contributed by atoms with E-state index in [0.717, 1.165) is 12.5 Å². The van der Waals surface area contributed by atoms with Gasteiger partial charge >= 0.3 is 0 Å². The summed E-state index contributed by atoms with van der Waals surface area (Å²) in [5.74, 6) is 2.02. The summed E-state index contributed by atoms with van der Waals surface area (Å²) in [5, 5.41) is 3.21. The Bertz CT molecular complexity index is 340. The maximum absolute atomic E-state index is 3.55. The SMILES string of the molecule is CNCCCC1CSc2ccc(Br)cc21. The van der Waals surface area contributed by atoms with Crippen molar-refractivity contribution in [1.29, 1.82) is 0 Å². The van der Waals surface area contributed by atoms with Gasteiger partial charge in [0.15, 0.2) is 0 Å². The summed E-state index contributed by atoms with van der Waals surface area (Å²) in [6.45, 7) is 1.13.